The van der Waals surface area contributed by atoms with Crippen molar-refractivity contribution in [2.75, 3.05) is 0 Å². The molecule has 212 valence electrons. The van der Waals surface area contributed by atoms with E-state index < -0.39 is 8.63 Å². The van der Waals surface area contributed by atoms with Gasteiger partial charge < -0.3 is 9.97 Å². The summed E-state index contributed by atoms with van der Waals surface area (Å²) in [5.74, 6) is 1.73. The molecule has 0 saturated heterocycles. The zero-order valence-corrected chi connectivity index (χ0v) is 23.4. The van der Waals surface area contributed by atoms with E-state index in [9.17, 15) is 24.6 Å². The zero-order valence-electron chi connectivity index (χ0n) is 19.4. The van der Waals surface area contributed by atoms with Crippen molar-refractivity contribution in [1.29, 1.82) is 0 Å². The largest absolute Gasteiger partial charge is 1.00 e. The molecule has 2 aromatic carbocycles. The van der Waals surface area contributed by atoms with E-state index in [1.165, 1.54) is 0 Å². The van der Waals surface area contributed by atoms with Crippen molar-refractivity contribution in [1.82, 2.24) is 29.9 Å². The average Bonchev–Trinajstić information content (AvgIpc) is 3.48. The van der Waals surface area contributed by atoms with Gasteiger partial charge in [-0.1, -0.05) is 24.3 Å². The van der Waals surface area contributed by atoms with Crippen LogP contribution in [0.3, 0.4) is 0 Å². The molecule has 39 heavy (non-hydrogen) atoms. The molecule has 4 heterocycles. The second kappa shape index (κ2) is 12.0. The molecule has 6 nitrogen and oxygen atoms in total. The van der Waals surface area contributed by atoms with Crippen LogP contribution < -0.4 is 0 Å². The van der Waals surface area contributed by atoms with Crippen molar-refractivity contribution >= 4 is 30.7 Å². The summed E-state index contributed by atoms with van der Waals surface area (Å²) in [5, 5.41) is 0. The van der Waals surface area contributed by atoms with Gasteiger partial charge in [0.25, 0.3) is 0 Å². The van der Waals surface area contributed by atoms with E-state index in [-0.39, 0.29) is 44.8 Å². The van der Waals surface area contributed by atoms with Gasteiger partial charge in [-0.2, -0.15) is 0 Å². The van der Waals surface area contributed by atoms with Crippen molar-refractivity contribution in [3.8, 4) is 22.8 Å². The summed E-state index contributed by atoms with van der Waals surface area (Å²) in [7, 11) is -10.8. The number of nitrogens with one attached hydrogen (secondary N) is 2. The fourth-order valence-corrected chi connectivity index (χ4v) is 3.18. The predicted molar refractivity (Wildman–Crippen MR) is 131 cm³/mol. The van der Waals surface area contributed by atoms with Crippen LogP contribution in [0.15, 0.2) is 97.6 Å². The third-order valence-corrected chi connectivity index (χ3v) is 4.65. The maximum absolute atomic E-state index is 10.8. The van der Waals surface area contributed by atoms with E-state index >= 15 is 0 Å². The minimum Gasteiger partial charge on any atom is -0.338 e. The second-order valence-corrected chi connectivity index (χ2v) is 9.90. The summed E-state index contributed by atoms with van der Waals surface area (Å²) in [5.41, 5.74) is 6.09. The number of benzene rings is 2. The molecule has 6 rings (SSSR count). The van der Waals surface area contributed by atoms with Crippen LogP contribution >= 0.6 is 0 Å². The number of rotatable bonds is 2. The first-order valence-electron chi connectivity index (χ1n) is 10.7. The molecule has 0 aliphatic heterocycles. The third-order valence-electron chi connectivity index (χ3n) is 4.65. The number of halogens is 6. The van der Waals surface area contributed by atoms with E-state index in [0.717, 1.165) is 44.8 Å². The number of pyridine rings is 2. The van der Waals surface area contributed by atoms with Crippen LogP contribution in [0.4, 0.5) is 24.6 Å². The van der Waals surface area contributed by atoms with Crippen LogP contribution in [0.2, 0.25) is 0 Å². The number of imidazole rings is 2. The van der Waals surface area contributed by atoms with E-state index in [1.54, 1.807) is 24.8 Å². The normalized spacial score (nSPS) is 12.4. The smallest absolute Gasteiger partial charge is 0.338 e. The Hall–Kier alpha value is -3.04. The van der Waals surface area contributed by atoms with Crippen LogP contribution in [0.1, 0.15) is 0 Å². The summed E-state index contributed by atoms with van der Waals surface area (Å²) in [6.45, 7) is 0. The minimum atomic E-state index is -10.8. The van der Waals surface area contributed by atoms with Crippen molar-refractivity contribution in [2.45, 2.75) is 0 Å². The fraction of sp³-hybridized carbons (Fsp3) is 0. The standard InChI is InChI=1S/2C12H9N3.2Ag.F6Si/c2*1-2-6-11-10(5-1)14-12(15-11)9-4-3-7-13-8-9;;;1-7(2,3,4,5)6/h2*1-8H,(H,14,15);;;/q;;2*+1;-2. The van der Waals surface area contributed by atoms with Gasteiger partial charge >= 0.3 is 78.0 Å². The number of H-pyrrole nitrogens is 2. The molecule has 15 heteroatoms. The third kappa shape index (κ3) is 10.9. The minimum absolute atomic E-state index is 0. The first-order chi connectivity index (χ1) is 17.3. The van der Waals surface area contributed by atoms with Crippen molar-refractivity contribution in [3.05, 3.63) is 97.6 Å². The Labute approximate surface area is 249 Å². The number of aromatic nitrogens is 6. The molecule has 6 aromatic rings. The summed E-state index contributed by atoms with van der Waals surface area (Å²) in [6, 6.07) is 23.8. The molecule has 0 saturated carbocycles. The molecule has 0 aliphatic carbocycles. The van der Waals surface area contributed by atoms with Crippen LogP contribution in [0.5, 0.6) is 0 Å². The Bertz CT molecular complexity index is 1440. The quantitative estimate of drug-likeness (QED) is 0.110. The molecule has 2 N–H and O–H groups in total. The van der Waals surface area contributed by atoms with Crippen LogP contribution in [0, 0.1) is 0 Å². The van der Waals surface area contributed by atoms with Gasteiger partial charge in [-0.25, -0.2) is 9.97 Å². The van der Waals surface area contributed by atoms with Crippen molar-refractivity contribution < 1.29 is 69.4 Å². The van der Waals surface area contributed by atoms with Crippen molar-refractivity contribution in [3.63, 3.8) is 0 Å². The Morgan fingerprint density at radius 3 is 1.18 bits per heavy atom. The van der Waals surface area contributed by atoms with Gasteiger partial charge in [0.1, 0.15) is 11.6 Å². The number of hydrogen-bond donors (Lipinski definition) is 2. The maximum atomic E-state index is 9.88. The zero-order chi connectivity index (χ0) is 26.6. The first-order valence-corrected chi connectivity index (χ1v) is 13.0. The number of fused-ring (bicyclic) bond motifs is 2. The van der Waals surface area contributed by atoms with Crippen molar-refractivity contribution in [2.24, 2.45) is 0 Å². The fourth-order valence-electron chi connectivity index (χ4n) is 3.18. The Morgan fingerprint density at radius 2 is 0.872 bits per heavy atom. The molecule has 0 unspecified atom stereocenters. The van der Waals surface area contributed by atoms with Gasteiger partial charge in [0.2, 0.25) is 0 Å². The monoisotopic (exact) mass is 746 g/mol. The van der Waals surface area contributed by atoms with Crippen LogP contribution in [-0.4, -0.2) is 38.5 Å². The van der Waals surface area contributed by atoms with Gasteiger partial charge in [0.05, 0.1) is 22.1 Å². The summed E-state index contributed by atoms with van der Waals surface area (Å²) in [4.78, 5) is 23.6. The predicted octanol–water partition coefficient (Wildman–Crippen LogP) is 7.39. The number of hydrogen-bond acceptors (Lipinski definition) is 4. The molecule has 0 fully saturated rings. The SMILES string of the molecule is F[Si-2](F)(F)(F)(F)F.[Ag+].[Ag+].c1cncc(-c2nc3ccccc3[nH]2)c1.c1cncc(-c2nc3ccccc3[nH]2)c1. The molecule has 0 amide bonds. The summed E-state index contributed by atoms with van der Waals surface area (Å²) >= 11 is 0. The first kappa shape index (κ1) is 32.2. The van der Waals surface area contributed by atoms with E-state index in [1.807, 2.05) is 72.8 Å². The molecule has 0 atom stereocenters. The molecular formula is C24H18Ag2F6N6Si. The Balaban J connectivity index is 0.000000214. The maximum Gasteiger partial charge on any atom is 1.00 e. The second-order valence-electron chi connectivity index (χ2n) is 7.76. The Kier molecular flexibility index (Phi) is 9.90. The Morgan fingerprint density at radius 1 is 0.513 bits per heavy atom. The van der Waals surface area contributed by atoms with E-state index in [4.69, 9.17) is 0 Å². The molecule has 4 aromatic heterocycles. The van der Waals surface area contributed by atoms with Gasteiger partial charge in [-0.15, -0.1) is 0 Å². The van der Waals surface area contributed by atoms with Crippen LogP contribution in [0.25, 0.3) is 44.8 Å². The summed E-state index contributed by atoms with van der Waals surface area (Å²) in [6.07, 6.45) is 7.12. The van der Waals surface area contributed by atoms with Crippen LogP contribution in [-0.2, 0) is 44.8 Å². The number of para-hydroxylation sites is 4. The molecular weight excluding hydrogens is 730 g/mol. The average molecular weight is 748 g/mol. The van der Waals surface area contributed by atoms with Gasteiger partial charge in [0.15, 0.2) is 0 Å². The number of nitrogens with zero attached hydrogens (tertiary/aromatic N) is 4. The van der Waals surface area contributed by atoms with Gasteiger partial charge in [-0.3, -0.25) is 9.97 Å². The topological polar surface area (TPSA) is 83.1 Å². The number of aromatic amines is 2. The molecule has 0 radical (unpaired) electrons. The molecule has 0 aliphatic rings. The van der Waals surface area contributed by atoms with Gasteiger partial charge in [0, 0.05) is 35.9 Å². The van der Waals surface area contributed by atoms with Gasteiger partial charge in [-0.05, 0) is 48.5 Å². The molecule has 0 spiro atoms. The van der Waals surface area contributed by atoms with E-state index in [0.29, 0.717) is 0 Å². The van der Waals surface area contributed by atoms with E-state index in [2.05, 4.69) is 29.9 Å². The summed E-state index contributed by atoms with van der Waals surface area (Å²) < 4.78 is 59.3. The molecule has 0 bridgehead atoms.